The van der Waals surface area contributed by atoms with Gasteiger partial charge in [0.15, 0.2) is 0 Å². The normalized spacial score (nSPS) is 12.1. The highest BCUT2D eigenvalue weighted by Gasteiger charge is 2.16. The van der Waals surface area contributed by atoms with Gasteiger partial charge in [0, 0.05) is 5.56 Å². The Balaban J connectivity index is 2.11. The van der Waals surface area contributed by atoms with Crippen LogP contribution in [-0.2, 0) is 0 Å². The van der Waals surface area contributed by atoms with Crippen molar-refractivity contribution in [3.63, 3.8) is 0 Å². The Morgan fingerprint density at radius 3 is 2.29 bits per heavy atom. The van der Waals surface area contributed by atoms with Crippen LogP contribution < -0.4 is 10.1 Å². The molecule has 2 aromatic rings. The second-order valence-electron chi connectivity index (χ2n) is 6.49. The first-order valence-corrected chi connectivity index (χ1v) is 8.55. The molecule has 0 aliphatic carbocycles. The van der Waals surface area contributed by atoms with E-state index in [9.17, 15) is 4.79 Å². The molecule has 1 atom stereocenters. The Bertz CT molecular complexity index is 689. The first-order valence-electron chi connectivity index (χ1n) is 8.55. The molecule has 3 nitrogen and oxygen atoms in total. The van der Waals surface area contributed by atoms with E-state index >= 15 is 0 Å². The topological polar surface area (TPSA) is 38.3 Å². The lowest BCUT2D eigenvalue weighted by atomic mass is 9.97. The van der Waals surface area contributed by atoms with Crippen LogP contribution in [0.4, 0.5) is 0 Å². The summed E-state index contributed by atoms with van der Waals surface area (Å²) in [7, 11) is 0. The third kappa shape index (κ3) is 4.60. The monoisotopic (exact) mass is 325 g/mol. The van der Waals surface area contributed by atoms with Gasteiger partial charge in [-0.2, -0.15) is 0 Å². The Hall–Kier alpha value is -2.29. The first kappa shape index (κ1) is 18.1. The van der Waals surface area contributed by atoms with Gasteiger partial charge in [-0.1, -0.05) is 30.7 Å². The number of carbonyl (C=O) groups excluding carboxylic acids is 1. The van der Waals surface area contributed by atoms with E-state index in [2.05, 4.69) is 44.3 Å². The van der Waals surface area contributed by atoms with Gasteiger partial charge >= 0.3 is 0 Å². The lowest BCUT2D eigenvalue weighted by molar-refractivity contribution is 0.0935. The minimum atomic E-state index is -0.0575. The number of aryl methyl sites for hydroxylation is 2. The molecule has 0 heterocycles. The van der Waals surface area contributed by atoms with Crippen LogP contribution >= 0.6 is 0 Å². The molecule has 0 unspecified atom stereocenters. The number of carbonyl (C=O) groups is 1. The van der Waals surface area contributed by atoms with E-state index in [1.807, 2.05) is 38.1 Å². The molecule has 1 N–H and O–H groups in total. The van der Waals surface area contributed by atoms with Crippen molar-refractivity contribution in [2.45, 2.75) is 53.2 Å². The minimum absolute atomic E-state index is 0.0182. The summed E-state index contributed by atoms with van der Waals surface area (Å²) in [6.07, 6.45) is 0.975. The summed E-state index contributed by atoms with van der Waals surface area (Å²) >= 11 is 0. The standard InChI is InChI=1S/C21H27NO2/c1-6-20(19-12-7-15(4)13-16(19)5)22-21(23)17-8-10-18(11-9-17)24-14(2)3/h7-14,20H,6H2,1-5H3,(H,22,23)/t20-/m0/s1. The Morgan fingerprint density at radius 2 is 1.75 bits per heavy atom. The molecule has 2 aromatic carbocycles. The van der Waals surface area contributed by atoms with Gasteiger partial charge in [-0.3, -0.25) is 4.79 Å². The number of hydrogen-bond acceptors (Lipinski definition) is 2. The molecule has 24 heavy (non-hydrogen) atoms. The quantitative estimate of drug-likeness (QED) is 0.814. The van der Waals surface area contributed by atoms with Crippen LogP contribution in [0.5, 0.6) is 5.75 Å². The van der Waals surface area contributed by atoms with Crippen LogP contribution in [0.1, 0.15) is 60.3 Å². The van der Waals surface area contributed by atoms with Crippen LogP contribution in [0.25, 0.3) is 0 Å². The second-order valence-corrected chi connectivity index (χ2v) is 6.49. The van der Waals surface area contributed by atoms with Gasteiger partial charge in [0.2, 0.25) is 0 Å². The second kappa shape index (κ2) is 8.00. The predicted octanol–water partition coefficient (Wildman–Crippen LogP) is 4.97. The molecule has 3 heteroatoms. The van der Waals surface area contributed by atoms with Crippen LogP contribution in [0, 0.1) is 13.8 Å². The molecule has 0 aromatic heterocycles. The number of amides is 1. The lowest BCUT2D eigenvalue weighted by Crippen LogP contribution is -2.28. The van der Waals surface area contributed by atoms with Crippen LogP contribution in [0.15, 0.2) is 42.5 Å². The third-order valence-electron chi connectivity index (χ3n) is 4.00. The van der Waals surface area contributed by atoms with Crippen LogP contribution in [0.3, 0.4) is 0 Å². The van der Waals surface area contributed by atoms with Crippen molar-refractivity contribution in [2.75, 3.05) is 0 Å². The third-order valence-corrected chi connectivity index (χ3v) is 4.00. The van der Waals surface area contributed by atoms with Crippen molar-refractivity contribution >= 4 is 5.91 Å². The van der Waals surface area contributed by atoms with E-state index in [-0.39, 0.29) is 18.1 Å². The zero-order valence-electron chi connectivity index (χ0n) is 15.2. The van der Waals surface area contributed by atoms with Crippen molar-refractivity contribution in [1.29, 1.82) is 0 Å². The number of ether oxygens (including phenoxy) is 1. The average molecular weight is 325 g/mol. The summed E-state index contributed by atoms with van der Waals surface area (Å²) in [6, 6.07) is 13.7. The maximum Gasteiger partial charge on any atom is 0.251 e. The number of hydrogen-bond donors (Lipinski definition) is 1. The fraction of sp³-hybridized carbons (Fsp3) is 0.381. The van der Waals surface area contributed by atoms with E-state index in [0.717, 1.165) is 12.2 Å². The summed E-state index contributed by atoms with van der Waals surface area (Å²) in [6.45, 7) is 10.2. The van der Waals surface area contributed by atoms with Crippen LogP contribution in [0.2, 0.25) is 0 Å². The molecule has 0 spiro atoms. The SMILES string of the molecule is CC[C@H](NC(=O)c1ccc(OC(C)C)cc1)c1ccc(C)cc1C. The average Bonchev–Trinajstić information content (AvgIpc) is 2.53. The molecule has 0 radical (unpaired) electrons. The van der Waals surface area contributed by atoms with E-state index in [1.165, 1.54) is 16.7 Å². The Kier molecular flexibility index (Phi) is 6.02. The van der Waals surface area contributed by atoms with Gasteiger partial charge in [-0.05, 0) is 69.5 Å². The summed E-state index contributed by atoms with van der Waals surface area (Å²) < 4.78 is 5.62. The van der Waals surface area contributed by atoms with Crippen molar-refractivity contribution in [2.24, 2.45) is 0 Å². The van der Waals surface area contributed by atoms with Gasteiger partial charge in [-0.15, -0.1) is 0 Å². The Labute approximate surface area is 145 Å². The maximum absolute atomic E-state index is 12.5. The molecule has 0 saturated carbocycles. The van der Waals surface area contributed by atoms with Gasteiger partial charge < -0.3 is 10.1 Å². The van der Waals surface area contributed by atoms with Gasteiger partial charge in [-0.25, -0.2) is 0 Å². The van der Waals surface area contributed by atoms with E-state index in [4.69, 9.17) is 4.74 Å². The van der Waals surface area contributed by atoms with Crippen molar-refractivity contribution < 1.29 is 9.53 Å². The maximum atomic E-state index is 12.5. The van der Waals surface area contributed by atoms with Gasteiger partial charge in [0.05, 0.1) is 12.1 Å². The summed E-state index contributed by atoms with van der Waals surface area (Å²) in [5, 5.41) is 3.14. The molecular weight excluding hydrogens is 298 g/mol. The van der Waals surface area contributed by atoms with E-state index in [0.29, 0.717) is 5.56 Å². The molecule has 0 saturated heterocycles. The molecular formula is C21H27NO2. The fourth-order valence-electron chi connectivity index (χ4n) is 2.81. The van der Waals surface area contributed by atoms with Crippen LogP contribution in [-0.4, -0.2) is 12.0 Å². The zero-order valence-corrected chi connectivity index (χ0v) is 15.2. The summed E-state index contributed by atoms with van der Waals surface area (Å²) in [5.41, 5.74) is 4.27. The molecule has 1 amide bonds. The van der Waals surface area contributed by atoms with Crippen molar-refractivity contribution in [3.05, 3.63) is 64.7 Å². The zero-order chi connectivity index (χ0) is 17.7. The highest BCUT2D eigenvalue weighted by molar-refractivity contribution is 5.94. The summed E-state index contributed by atoms with van der Waals surface area (Å²) in [5.74, 6) is 0.723. The number of nitrogens with one attached hydrogen (secondary N) is 1. The van der Waals surface area contributed by atoms with E-state index in [1.54, 1.807) is 0 Å². The number of benzene rings is 2. The highest BCUT2D eigenvalue weighted by Crippen LogP contribution is 2.22. The summed E-state index contributed by atoms with van der Waals surface area (Å²) in [4.78, 5) is 12.5. The van der Waals surface area contributed by atoms with Gasteiger partial charge in [0.25, 0.3) is 5.91 Å². The van der Waals surface area contributed by atoms with E-state index < -0.39 is 0 Å². The fourth-order valence-corrected chi connectivity index (χ4v) is 2.81. The van der Waals surface area contributed by atoms with Gasteiger partial charge in [0.1, 0.15) is 5.75 Å². The molecule has 128 valence electrons. The molecule has 2 rings (SSSR count). The molecule has 0 fully saturated rings. The van der Waals surface area contributed by atoms with Crippen molar-refractivity contribution in [1.82, 2.24) is 5.32 Å². The first-order chi connectivity index (χ1) is 11.4. The highest BCUT2D eigenvalue weighted by atomic mass is 16.5. The molecule has 0 aliphatic rings. The lowest BCUT2D eigenvalue weighted by Gasteiger charge is -2.20. The smallest absolute Gasteiger partial charge is 0.251 e. The molecule has 0 bridgehead atoms. The molecule has 0 aliphatic heterocycles. The largest absolute Gasteiger partial charge is 0.491 e. The van der Waals surface area contributed by atoms with Crippen molar-refractivity contribution in [3.8, 4) is 5.75 Å². The minimum Gasteiger partial charge on any atom is -0.491 e. The number of rotatable bonds is 6. The Morgan fingerprint density at radius 1 is 1.08 bits per heavy atom. The predicted molar refractivity (Wildman–Crippen MR) is 98.6 cm³/mol.